The van der Waals surface area contributed by atoms with Gasteiger partial charge in [0.2, 0.25) is 35.4 Å². The van der Waals surface area contributed by atoms with E-state index >= 15 is 0 Å². The molecule has 0 spiro atoms. The zero-order valence-electron chi connectivity index (χ0n) is 66.8. The van der Waals surface area contributed by atoms with Gasteiger partial charge in [-0.3, -0.25) is 62.3 Å². The van der Waals surface area contributed by atoms with Gasteiger partial charge in [0.1, 0.15) is 44.0 Å². The van der Waals surface area contributed by atoms with E-state index in [-0.39, 0.29) is 204 Å². The summed E-state index contributed by atoms with van der Waals surface area (Å²) in [6.07, 6.45) is 25.1. The third-order valence-electron chi connectivity index (χ3n) is 18.1. The van der Waals surface area contributed by atoms with Crippen molar-refractivity contribution in [2.45, 2.75) is 264 Å². The highest BCUT2D eigenvalue weighted by Gasteiger charge is 2.25. The second-order valence-electron chi connectivity index (χ2n) is 28.1. The summed E-state index contributed by atoms with van der Waals surface area (Å²) in [4.78, 5) is 169. The molecule has 10 N–H and O–H groups in total. The number of rotatable bonds is 84. The van der Waals surface area contributed by atoms with Crippen molar-refractivity contribution in [1.82, 2.24) is 31.9 Å². The van der Waals surface area contributed by atoms with Crippen LogP contribution in [-0.2, 0) is 105 Å². The molecule has 4 atom stereocenters. The van der Waals surface area contributed by atoms with Crippen molar-refractivity contribution in [1.29, 1.82) is 0 Å². The first-order chi connectivity index (χ1) is 53.5. The number of carboxylic acid groups (broad SMARTS) is 4. The molecule has 0 aromatic carbocycles. The highest BCUT2D eigenvalue weighted by atomic mass is 16.5. The summed E-state index contributed by atoms with van der Waals surface area (Å²) < 4.78 is 43.1. The standard InChI is InChI=1S/C79H138N6O26/c1-62(28-23-25-39-81-73(93)38-36-68(79(102)103)85-75(95)61-111-54-48-104-44-27-30-66(87)58-108-52-49-105-45-41-82-70(90)31-19-15-11-7-3-5-9-13-17-21-33-76(96)97)69(89)57-64(63(2)86)29-24-26-40-80-72(92)37-35-65(78(100)101)56-67(88)59-109-53-50-107-47-43-84-74(94)60-110-55-51-106-46-42-83-71(91)32-20-16-12-8-4-6-10-14-18-22-34-77(98)99/h62,64-65,68H,3-61H2,1-2H3,(H,80,92)(H,81,93)(H,82,90)(H,83,91)(H,84,94)(H,85,95)(H,96,97)(H,98,99)(H,100,101)(H,102,103)/t62-,64+,65+,68-/m0/s1. The Balaban J connectivity index is 4.00. The molecular formula is C79H138N6O26. The fourth-order valence-electron chi connectivity index (χ4n) is 11.5. The van der Waals surface area contributed by atoms with Gasteiger partial charge in [-0.15, -0.1) is 0 Å². The number of unbranched alkanes of at least 4 members (excludes halogenated alkanes) is 20. The molecule has 0 fully saturated rings. The topological polar surface area (TPSA) is 466 Å². The molecule has 0 saturated carbocycles. The Hall–Kier alpha value is -6.94. The van der Waals surface area contributed by atoms with Gasteiger partial charge in [-0.25, -0.2) is 4.79 Å². The first kappa shape index (κ1) is 104. The maximum Gasteiger partial charge on any atom is 0.326 e. The first-order valence-electron chi connectivity index (χ1n) is 40.7. The van der Waals surface area contributed by atoms with Crippen molar-refractivity contribution in [2.75, 3.05) is 138 Å². The van der Waals surface area contributed by atoms with Gasteiger partial charge >= 0.3 is 23.9 Å². The van der Waals surface area contributed by atoms with Gasteiger partial charge < -0.3 is 90.2 Å². The molecule has 0 bridgehead atoms. The van der Waals surface area contributed by atoms with Crippen LogP contribution in [0, 0.1) is 17.8 Å². The van der Waals surface area contributed by atoms with Crippen LogP contribution in [0.5, 0.6) is 0 Å². The number of amides is 6. The zero-order valence-corrected chi connectivity index (χ0v) is 66.8. The quantitative estimate of drug-likeness (QED) is 0.0263. The average molecular weight is 1590 g/mol. The number of hydrogen-bond donors (Lipinski definition) is 10. The predicted octanol–water partition coefficient (Wildman–Crippen LogP) is 7.51. The van der Waals surface area contributed by atoms with E-state index < -0.39 is 71.9 Å². The van der Waals surface area contributed by atoms with Crippen LogP contribution < -0.4 is 31.9 Å². The van der Waals surface area contributed by atoms with Crippen molar-refractivity contribution in [3.8, 4) is 0 Å². The Morgan fingerprint density at radius 3 is 1.07 bits per heavy atom. The van der Waals surface area contributed by atoms with E-state index in [2.05, 4.69) is 31.9 Å². The number of carbonyl (C=O) groups is 14. The summed E-state index contributed by atoms with van der Waals surface area (Å²) in [6, 6.07) is -1.33. The maximum atomic E-state index is 13.1. The molecule has 0 saturated heterocycles. The van der Waals surface area contributed by atoms with Crippen molar-refractivity contribution in [3.05, 3.63) is 0 Å². The molecule has 0 unspecified atom stereocenters. The van der Waals surface area contributed by atoms with Gasteiger partial charge in [0.15, 0.2) is 11.6 Å². The molecule has 640 valence electrons. The monoisotopic (exact) mass is 1590 g/mol. The second-order valence-corrected chi connectivity index (χ2v) is 28.1. The van der Waals surface area contributed by atoms with Crippen LogP contribution in [0.3, 0.4) is 0 Å². The lowest BCUT2D eigenvalue weighted by Gasteiger charge is -2.17. The van der Waals surface area contributed by atoms with Crippen LogP contribution in [0.2, 0.25) is 0 Å². The first-order valence-corrected chi connectivity index (χ1v) is 40.7. The molecule has 0 aliphatic heterocycles. The average Bonchev–Trinajstić information content (AvgIpc) is 0.920. The van der Waals surface area contributed by atoms with Crippen LogP contribution >= 0.6 is 0 Å². The number of carboxylic acids is 4. The van der Waals surface area contributed by atoms with E-state index in [1.807, 2.05) is 0 Å². The molecule has 0 aromatic heterocycles. The Morgan fingerprint density at radius 2 is 0.640 bits per heavy atom. The van der Waals surface area contributed by atoms with Gasteiger partial charge in [0.25, 0.3) is 0 Å². The van der Waals surface area contributed by atoms with E-state index in [1.165, 1.54) is 6.92 Å². The normalized spacial score (nSPS) is 12.3. The predicted molar refractivity (Wildman–Crippen MR) is 411 cm³/mol. The lowest BCUT2D eigenvalue weighted by Crippen LogP contribution is -2.43. The van der Waals surface area contributed by atoms with Crippen LogP contribution in [-0.4, -0.2) is 247 Å². The summed E-state index contributed by atoms with van der Waals surface area (Å²) in [5.41, 5.74) is 0. The third-order valence-corrected chi connectivity index (χ3v) is 18.1. The van der Waals surface area contributed by atoms with Crippen LogP contribution in [0.25, 0.3) is 0 Å². The van der Waals surface area contributed by atoms with Gasteiger partial charge in [0, 0.05) is 109 Å². The van der Waals surface area contributed by atoms with Gasteiger partial charge in [-0.2, -0.15) is 0 Å². The van der Waals surface area contributed by atoms with E-state index in [1.54, 1.807) is 6.92 Å². The van der Waals surface area contributed by atoms with E-state index in [0.717, 1.165) is 128 Å². The summed E-state index contributed by atoms with van der Waals surface area (Å²) in [5, 5.41) is 52.9. The van der Waals surface area contributed by atoms with Gasteiger partial charge in [-0.1, -0.05) is 122 Å². The number of carbonyl (C=O) groups excluding carboxylic acids is 10. The Kier molecular flexibility index (Phi) is 69.8. The molecule has 6 amide bonds. The minimum absolute atomic E-state index is 0.00835. The Morgan fingerprint density at radius 1 is 0.279 bits per heavy atom. The van der Waals surface area contributed by atoms with Crippen LogP contribution in [0.4, 0.5) is 0 Å². The zero-order chi connectivity index (χ0) is 82.0. The van der Waals surface area contributed by atoms with Gasteiger partial charge in [0.05, 0.1) is 78.6 Å². The van der Waals surface area contributed by atoms with Crippen LogP contribution in [0.15, 0.2) is 0 Å². The summed E-state index contributed by atoms with van der Waals surface area (Å²) in [6.45, 7) is 6.11. The second kappa shape index (κ2) is 74.5. The SMILES string of the molecule is CC(=O)[C@H](CCCCNC(=O)CC[C@H](CC(=O)COCCOCCNC(=O)COCCOCCNC(=O)CCCCCCCCCCCCC(=O)O)C(=O)O)CC(=O)[C@@H](C)CCCCNC(=O)CC[C@H](NC(=O)COCCOCCCC(=O)COCCOCCNC(=O)CCCCCCCCCCCCC(=O)O)C(=O)O. The molecule has 32 nitrogen and oxygen atoms in total. The number of hydrogen-bond acceptors (Lipinski definition) is 22. The molecule has 0 aliphatic carbocycles. The summed E-state index contributed by atoms with van der Waals surface area (Å²) in [7, 11) is 0. The minimum Gasteiger partial charge on any atom is -0.481 e. The molecule has 0 heterocycles. The number of nitrogens with one attached hydrogen (secondary N) is 6. The maximum absolute atomic E-state index is 13.1. The highest BCUT2D eigenvalue weighted by Crippen LogP contribution is 2.21. The van der Waals surface area contributed by atoms with E-state index in [0.29, 0.717) is 84.1 Å². The molecule has 0 radical (unpaired) electrons. The summed E-state index contributed by atoms with van der Waals surface area (Å²) in [5.74, 6) is -8.56. The fourth-order valence-corrected chi connectivity index (χ4v) is 11.5. The minimum atomic E-state index is -1.33. The molecule has 0 rings (SSSR count). The van der Waals surface area contributed by atoms with E-state index in [9.17, 15) is 77.3 Å². The number of ketones is 4. The Labute approximate surface area is 657 Å². The third kappa shape index (κ3) is 71.8. The molecule has 111 heavy (non-hydrogen) atoms. The lowest BCUT2D eigenvalue weighted by molar-refractivity contribution is -0.145. The van der Waals surface area contributed by atoms with Crippen LogP contribution in [0.1, 0.15) is 258 Å². The highest BCUT2D eigenvalue weighted by molar-refractivity contribution is 5.88. The smallest absolute Gasteiger partial charge is 0.326 e. The molecule has 0 aliphatic rings. The van der Waals surface area contributed by atoms with Crippen molar-refractivity contribution >= 4 is 82.5 Å². The van der Waals surface area contributed by atoms with Gasteiger partial charge in [-0.05, 0) is 77.6 Å². The molecule has 0 aromatic rings. The number of ether oxygens (including phenoxy) is 8. The largest absolute Gasteiger partial charge is 0.481 e. The number of Topliss-reactive ketones (excluding diaryl/α,β-unsaturated/α-hetero) is 4. The summed E-state index contributed by atoms with van der Waals surface area (Å²) >= 11 is 0. The molecular weight excluding hydrogens is 1450 g/mol. The van der Waals surface area contributed by atoms with Crippen molar-refractivity contribution in [3.63, 3.8) is 0 Å². The van der Waals surface area contributed by atoms with Crippen molar-refractivity contribution < 1.29 is 125 Å². The fraction of sp³-hybridized carbons (Fsp3) is 0.823. The van der Waals surface area contributed by atoms with Crippen molar-refractivity contribution in [2.24, 2.45) is 17.8 Å². The lowest BCUT2D eigenvalue weighted by atomic mass is 9.87. The molecule has 32 heteroatoms. The van der Waals surface area contributed by atoms with E-state index in [4.69, 9.17) is 48.1 Å². The Bertz CT molecular complexity index is 2560. The number of aliphatic carboxylic acids is 4.